The first-order chi connectivity index (χ1) is 15.3. The average Bonchev–Trinajstić information content (AvgIpc) is 2.65. The van der Waals surface area contributed by atoms with E-state index in [0.29, 0.717) is 0 Å². The number of hydrogen-bond donors (Lipinski definition) is 0. The lowest BCUT2D eigenvalue weighted by Crippen LogP contribution is -2.76. The summed E-state index contributed by atoms with van der Waals surface area (Å²) >= 11 is 0. The highest BCUT2D eigenvalue weighted by Crippen LogP contribution is 2.67. The van der Waals surface area contributed by atoms with Gasteiger partial charge in [0.25, 0.3) is 0 Å². The fourth-order valence-corrected chi connectivity index (χ4v) is 3.31. The van der Waals surface area contributed by atoms with Crippen LogP contribution >= 0.6 is 8.58 Å². The molecule has 0 spiro atoms. The summed E-state index contributed by atoms with van der Waals surface area (Å²) in [5.41, 5.74) is -6.45. The Morgan fingerprint density at radius 1 is 0.389 bits per heavy atom. The van der Waals surface area contributed by atoms with Crippen molar-refractivity contribution >= 4 is 8.58 Å². The summed E-state index contributed by atoms with van der Waals surface area (Å²) in [6, 6.07) is 0. The Balaban J connectivity index is 6.89. The largest absolute Gasteiger partial charge is 0.460 e. The highest BCUT2D eigenvalue weighted by molar-refractivity contribution is 7.39. The van der Waals surface area contributed by atoms with Gasteiger partial charge in [-0.1, -0.05) is 13.3 Å². The fraction of sp³-hybridized carbons (Fsp3) is 1.00. The van der Waals surface area contributed by atoms with Crippen molar-refractivity contribution in [2.45, 2.75) is 79.0 Å². The molecule has 0 heterocycles. The lowest BCUT2D eigenvalue weighted by Gasteiger charge is -2.44. The Morgan fingerprint density at radius 2 is 0.639 bits per heavy atom. The van der Waals surface area contributed by atoms with E-state index in [9.17, 15) is 92.2 Å². The SMILES string of the molecule is CCCCPC(F)(F)C(F)(F)C(F)(F)C(F)(F)C(F)(F)C(F)(F)C(F)(F)C(F)(F)C(F)(F)C(F)(F)F. The van der Waals surface area contributed by atoms with Crippen LogP contribution in [0.25, 0.3) is 0 Å². The van der Waals surface area contributed by atoms with Crippen LogP contribution in [0.5, 0.6) is 0 Å². The fourth-order valence-electron chi connectivity index (χ4n) is 2.09. The molecule has 0 fully saturated rings. The molecule has 0 N–H and O–H groups in total. The molecule has 0 bridgehead atoms. The van der Waals surface area contributed by atoms with Gasteiger partial charge in [0.2, 0.25) is 0 Å². The minimum Gasteiger partial charge on any atom is -0.195 e. The van der Waals surface area contributed by atoms with Gasteiger partial charge in [0.15, 0.2) is 0 Å². The number of alkyl halides is 21. The number of halogens is 21. The zero-order valence-electron chi connectivity index (χ0n) is 16.6. The minimum atomic E-state index is -9.12. The van der Waals surface area contributed by atoms with E-state index in [4.69, 9.17) is 0 Å². The maximum atomic E-state index is 13.6. The van der Waals surface area contributed by atoms with Crippen LogP contribution in [-0.4, -0.2) is 65.4 Å². The summed E-state index contributed by atoms with van der Waals surface area (Å²) in [6.45, 7) is 1.18. The van der Waals surface area contributed by atoms with Crippen LogP contribution in [0, 0.1) is 0 Å². The molecule has 0 aliphatic carbocycles. The van der Waals surface area contributed by atoms with E-state index < -0.39 is 80.4 Å². The molecule has 0 aliphatic heterocycles. The van der Waals surface area contributed by atoms with E-state index in [-0.39, 0.29) is 6.42 Å². The molecule has 0 saturated carbocycles. The summed E-state index contributed by atoms with van der Waals surface area (Å²) in [5, 5.41) is 0. The zero-order chi connectivity index (χ0) is 29.8. The molecule has 0 aliphatic rings. The molecule has 0 rings (SSSR count). The zero-order valence-corrected chi connectivity index (χ0v) is 17.6. The van der Waals surface area contributed by atoms with Crippen LogP contribution in [0.3, 0.4) is 0 Å². The lowest BCUT2D eigenvalue weighted by molar-refractivity contribution is -0.472. The third kappa shape index (κ3) is 4.56. The molecule has 0 radical (unpaired) electrons. The Hall–Kier alpha value is -1.04. The lowest BCUT2D eigenvalue weighted by atomic mass is 9.87. The van der Waals surface area contributed by atoms with Gasteiger partial charge in [0.1, 0.15) is 0 Å². The molecule has 0 aromatic rings. The van der Waals surface area contributed by atoms with Gasteiger partial charge in [-0.05, 0) is 21.2 Å². The van der Waals surface area contributed by atoms with E-state index in [1.165, 1.54) is 6.92 Å². The second-order valence-corrected chi connectivity index (χ2v) is 8.43. The molecule has 0 amide bonds. The van der Waals surface area contributed by atoms with E-state index in [1.807, 2.05) is 0 Å². The summed E-state index contributed by atoms with van der Waals surface area (Å²) in [4.78, 5) is 0. The van der Waals surface area contributed by atoms with Crippen molar-refractivity contribution in [2.75, 3.05) is 6.16 Å². The van der Waals surface area contributed by atoms with Gasteiger partial charge < -0.3 is 0 Å². The molecule has 0 aromatic heterocycles. The second-order valence-electron chi connectivity index (χ2n) is 6.95. The smallest absolute Gasteiger partial charge is 0.195 e. The van der Waals surface area contributed by atoms with Crippen molar-refractivity contribution in [1.29, 1.82) is 0 Å². The van der Waals surface area contributed by atoms with Gasteiger partial charge in [-0.25, -0.2) is 0 Å². The van der Waals surface area contributed by atoms with Crippen molar-refractivity contribution in [3.05, 3.63) is 0 Å². The van der Waals surface area contributed by atoms with Crippen molar-refractivity contribution in [3.63, 3.8) is 0 Å². The summed E-state index contributed by atoms with van der Waals surface area (Å²) in [5.74, 6) is -69.7. The summed E-state index contributed by atoms with van der Waals surface area (Å²) < 4.78 is 276. The number of unbranched alkanes of at least 4 members (excludes halogenated alkanes) is 1. The molecule has 1 unspecified atom stereocenters. The van der Waals surface area contributed by atoms with Gasteiger partial charge in [-0.15, -0.1) is 0 Å². The molecular weight excluding hydrogens is 598 g/mol. The van der Waals surface area contributed by atoms with Gasteiger partial charge in [-0.2, -0.15) is 92.2 Å². The first kappa shape index (κ1) is 35.0. The molecular formula is C14H10F21P. The standard InChI is InChI=1S/C14H10F21P/c1-2-3-4-36-14(34,35)12(29,30)10(25,26)8(21,22)6(17,18)5(15,16)7(19,20)9(23,24)11(27,28)13(31,32)33/h36H,2-4H2,1H3. The molecule has 0 aromatic carbocycles. The van der Waals surface area contributed by atoms with Crippen molar-refractivity contribution < 1.29 is 92.2 Å². The highest BCUT2D eigenvalue weighted by Gasteiger charge is 2.97. The molecule has 36 heavy (non-hydrogen) atoms. The van der Waals surface area contributed by atoms with Gasteiger partial charge in [-0.3, -0.25) is 0 Å². The Morgan fingerprint density at radius 3 is 0.889 bits per heavy atom. The van der Waals surface area contributed by atoms with E-state index in [0.717, 1.165) is 0 Å². The van der Waals surface area contributed by atoms with E-state index in [1.54, 1.807) is 0 Å². The maximum absolute atomic E-state index is 13.6. The first-order valence-electron chi connectivity index (χ1n) is 8.53. The van der Waals surface area contributed by atoms with Crippen molar-refractivity contribution in [3.8, 4) is 0 Å². The molecule has 218 valence electrons. The topological polar surface area (TPSA) is 0 Å². The average molecular weight is 608 g/mol. The van der Waals surface area contributed by atoms with Crippen LogP contribution in [0.4, 0.5) is 92.2 Å². The third-order valence-electron chi connectivity index (χ3n) is 4.39. The highest BCUT2D eigenvalue weighted by atomic mass is 31.1. The second kappa shape index (κ2) is 9.31. The Labute approximate surface area is 187 Å². The van der Waals surface area contributed by atoms with Crippen LogP contribution in [-0.2, 0) is 0 Å². The Bertz CT molecular complexity index is 763. The van der Waals surface area contributed by atoms with Gasteiger partial charge in [0, 0.05) is 0 Å². The van der Waals surface area contributed by atoms with E-state index >= 15 is 0 Å². The number of hydrogen-bond acceptors (Lipinski definition) is 0. The van der Waals surface area contributed by atoms with Crippen LogP contribution in [0.15, 0.2) is 0 Å². The summed E-state index contributed by atoms with van der Waals surface area (Å²) in [6.07, 6.45) is -9.80. The van der Waals surface area contributed by atoms with Gasteiger partial charge >= 0.3 is 59.2 Å². The molecule has 0 saturated heterocycles. The predicted molar refractivity (Wildman–Crippen MR) is 78.7 cm³/mol. The van der Waals surface area contributed by atoms with Crippen LogP contribution in [0.1, 0.15) is 19.8 Å². The maximum Gasteiger partial charge on any atom is 0.460 e. The third-order valence-corrected chi connectivity index (χ3v) is 5.75. The van der Waals surface area contributed by atoms with Crippen molar-refractivity contribution in [2.24, 2.45) is 0 Å². The monoisotopic (exact) mass is 608 g/mol. The predicted octanol–water partition coefficient (Wildman–Crippen LogP) is 8.70. The van der Waals surface area contributed by atoms with E-state index in [2.05, 4.69) is 0 Å². The molecule has 1 atom stereocenters. The number of rotatable bonds is 12. The summed E-state index contributed by atoms with van der Waals surface area (Å²) in [7, 11) is -2.82. The first-order valence-corrected chi connectivity index (χ1v) is 9.74. The van der Waals surface area contributed by atoms with Crippen LogP contribution < -0.4 is 0 Å². The Kier molecular flexibility index (Phi) is 9.04. The van der Waals surface area contributed by atoms with Crippen LogP contribution in [0.2, 0.25) is 0 Å². The van der Waals surface area contributed by atoms with Gasteiger partial charge in [0.05, 0.1) is 0 Å². The molecule has 0 nitrogen and oxygen atoms in total. The normalized spacial score (nSPS) is 16.8. The molecule has 22 heteroatoms. The quantitative estimate of drug-likeness (QED) is 0.118. The minimum absolute atomic E-state index is 0.128. The van der Waals surface area contributed by atoms with Crippen molar-refractivity contribution in [1.82, 2.24) is 0 Å².